The molecule has 0 bridgehead atoms. The minimum atomic E-state index is -0.690. The van der Waals surface area contributed by atoms with Crippen LogP contribution in [0.4, 0.5) is 0 Å². The van der Waals surface area contributed by atoms with Crippen molar-refractivity contribution in [1.29, 1.82) is 0 Å². The lowest BCUT2D eigenvalue weighted by atomic mass is 10.1. The van der Waals surface area contributed by atoms with Crippen molar-refractivity contribution in [3.05, 3.63) is 17.7 Å². The topological polar surface area (TPSA) is 72.5 Å². The molecular formula is C14H20O7. The van der Waals surface area contributed by atoms with Crippen molar-refractivity contribution in [3.63, 3.8) is 0 Å². The molecule has 0 aliphatic heterocycles. The first-order valence-corrected chi connectivity index (χ1v) is 6.40. The van der Waals surface area contributed by atoms with Crippen LogP contribution >= 0.6 is 0 Å². The van der Waals surface area contributed by atoms with E-state index in [0.717, 1.165) is 0 Å². The predicted molar refractivity (Wildman–Crippen MR) is 74.0 cm³/mol. The van der Waals surface area contributed by atoms with Crippen molar-refractivity contribution in [1.82, 2.24) is 0 Å². The van der Waals surface area contributed by atoms with Gasteiger partial charge in [-0.3, -0.25) is 4.89 Å². The van der Waals surface area contributed by atoms with Crippen LogP contribution in [0.5, 0.6) is 17.2 Å². The normalized spacial score (nSPS) is 10.1. The Labute approximate surface area is 123 Å². The van der Waals surface area contributed by atoms with Crippen molar-refractivity contribution in [2.75, 3.05) is 41.2 Å². The molecule has 0 fully saturated rings. The highest BCUT2D eigenvalue weighted by Gasteiger charge is 2.22. The molecule has 0 aliphatic rings. The zero-order valence-electron chi connectivity index (χ0n) is 12.6. The van der Waals surface area contributed by atoms with Crippen LogP contribution in [0.1, 0.15) is 17.3 Å². The maximum atomic E-state index is 12.0. The molecule has 1 rings (SSSR count). The van der Waals surface area contributed by atoms with Crippen LogP contribution in [0.2, 0.25) is 0 Å². The maximum absolute atomic E-state index is 12.0. The third kappa shape index (κ3) is 4.51. The van der Waals surface area contributed by atoms with Crippen LogP contribution < -0.4 is 14.2 Å². The van der Waals surface area contributed by atoms with Gasteiger partial charge in [-0.15, -0.1) is 0 Å². The third-order valence-corrected chi connectivity index (χ3v) is 2.57. The molecule has 1 aromatic carbocycles. The molecular weight excluding hydrogens is 280 g/mol. The van der Waals surface area contributed by atoms with E-state index in [1.54, 1.807) is 6.07 Å². The summed E-state index contributed by atoms with van der Waals surface area (Å²) in [5, 5.41) is 0. The number of hydrogen-bond donors (Lipinski definition) is 0. The predicted octanol–water partition coefficient (Wildman–Crippen LogP) is 1.84. The number of benzene rings is 1. The molecule has 0 radical (unpaired) electrons. The number of methoxy groups -OCH3 is 3. The first-order chi connectivity index (χ1) is 10.2. The van der Waals surface area contributed by atoms with Gasteiger partial charge in [0, 0.05) is 6.61 Å². The van der Waals surface area contributed by atoms with Gasteiger partial charge >= 0.3 is 5.97 Å². The monoisotopic (exact) mass is 300 g/mol. The maximum Gasteiger partial charge on any atom is 0.376 e. The number of rotatable bonds is 9. The summed E-state index contributed by atoms with van der Waals surface area (Å²) in [6.45, 7) is 2.92. The zero-order valence-corrected chi connectivity index (χ0v) is 12.6. The van der Waals surface area contributed by atoms with E-state index in [9.17, 15) is 4.79 Å². The van der Waals surface area contributed by atoms with Crippen LogP contribution in [-0.4, -0.2) is 47.1 Å². The van der Waals surface area contributed by atoms with Crippen LogP contribution in [0.3, 0.4) is 0 Å². The van der Waals surface area contributed by atoms with Crippen molar-refractivity contribution in [2.45, 2.75) is 6.92 Å². The van der Waals surface area contributed by atoms with Gasteiger partial charge in [-0.1, -0.05) is 0 Å². The number of carbonyl (C=O) groups is 1. The van der Waals surface area contributed by atoms with Crippen LogP contribution in [-0.2, 0) is 14.5 Å². The second-order valence-electron chi connectivity index (χ2n) is 3.77. The lowest BCUT2D eigenvalue weighted by molar-refractivity contribution is -0.247. The Kier molecular flexibility index (Phi) is 7.34. The van der Waals surface area contributed by atoms with E-state index in [1.807, 2.05) is 6.92 Å². The second-order valence-corrected chi connectivity index (χ2v) is 3.77. The van der Waals surface area contributed by atoms with Crippen molar-refractivity contribution >= 4 is 5.97 Å². The SMILES string of the molecule is CCOCCOOC(=O)c1ccc(OC)c(OC)c1OC. The molecule has 0 N–H and O–H groups in total. The Morgan fingerprint density at radius 3 is 2.29 bits per heavy atom. The van der Waals surface area contributed by atoms with E-state index in [-0.39, 0.29) is 17.9 Å². The van der Waals surface area contributed by atoms with Crippen LogP contribution in [0.25, 0.3) is 0 Å². The molecule has 0 saturated carbocycles. The highest BCUT2D eigenvalue weighted by Crippen LogP contribution is 2.39. The summed E-state index contributed by atoms with van der Waals surface area (Å²) >= 11 is 0. The van der Waals surface area contributed by atoms with Gasteiger partial charge in [0.05, 0.1) is 27.9 Å². The second kappa shape index (κ2) is 9.04. The van der Waals surface area contributed by atoms with Gasteiger partial charge in [0.2, 0.25) is 5.75 Å². The molecule has 7 heteroatoms. The smallest absolute Gasteiger partial charge is 0.376 e. The molecule has 1 aromatic rings. The first kappa shape index (κ1) is 17.1. The number of carbonyl (C=O) groups excluding carboxylic acids is 1. The van der Waals surface area contributed by atoms with Gasteiger partial charge in [-0.25, -0.2) is 4.79 Å². The Morgan fingerprint density at radius 1 is 1.00 bits per heavy atom. The molecule has 0 aliphatic carbocycles. The Balaban J connectivity index is 2.79. The highest BCUT2D eigenvalue weighted by atomic mass is 17.2. The average Bonchev–Trinajstić information content (AvgIpc) is 2.52. The van der Waals surface area contributed by atoms with E-state index in [1.165, 1.54) is 27.4 Å². The van der Waals surface area contributed by atoms with Gasteiger partial charge in [0.15, 0.2) is 11.5 Å². The summed E-state index contributed by atoms with van der Waals surface area (Å²) in [6.07, 6.45) is 0. The molecule has 118 valence electrons. The minimum absolute atomic E-state index is 0.148. The Morgan fingerprint density at radius 2 is 1.71 bits per heavy atom. The molecule has 0 amide bonds. The van der Waals surface area contributed by atoms with Crippen LogP contribution in [0.15, 0.2) is 12.1 Å². The van der Waals surface area contributed by atoms with Gasteiger partial charge in [-0.2, -0.15) is 4.89 Å². The summed E-state index contributed by atoms with van der Waals surface area (Å²) < 4.78 is 20.6. The molecule has 0 atom stereocenters. The molecule has 21 heavy (non-hydrogen) atoms. The van der Waals surface area contributed by atoms with Gasteiger partial charge in [-0.05, 0) is 19.1 Å². The fourth-order valence-electron chi connectivity index (χ4n) is 1.64. The lowest BCUT2D eigenvalue weighted by Gasteiger charge is -2.14. The lowest BCUT2D eigenvalue weighted by Crippen LogP contribution is -2.12. The molecule has 0 aromatic heterocycles. The summed E-state index contributed by atoms with van der Waals surface area (Å²) in [6, 6.07) is 3.09. The minimum Gasteiger partial charge on any atom is -0.493 e. The van der Waals surface area contributed by atoms with E-state index in [4.69, 9.17) is 28.7 Å². The Bertz CT molecular complexity index is 459. The summed E-state index contributed by atoms with van der Waals surface area (Å²) in [7, 11) is 4.37. The van der Waals surface area contributed by atoms with E-state index >= 15 is 0 Å². The summed E-state index contributed by atoms with van der Waals surface area (Å²) in [5.41, 5.74) is 0.173. The Hall–Kier alpha value is -1.99. The largest absolute Gasteiger partial charge is 0.493 e. The molecule has 0 heterocycles. The van der Waals surface area contributed by atoms with Gasteiger partial charge < -0.3 is 18.9 Å². The zero-order chi connectivity index (χ0) is 15.7. The molecule has 0 saturated heterocycles. The standard InChI is InChI=1S/C14H20O7/c1-5-19-8-9-20-21-14(15)10-6-7-11(16-2)13(18-4)12(10)17-3/h6-7H,5,8-9H2,1-4H3. The fourth-order valence-corrected chi connectivity index (χ4v) is 1.64. The molecule has 0 spiro atoms. The fraction of sp³-hybridized carbons (Fsp3) is 0.500. The van der Waals surface area contributed by atoms with Crippen molar-refractivity contribution in [3.8, 4) is 17.2 Å². The number of ether oxygens (including phenoxy) is 4. The number of hydrogen-bond acceptors (Lipinski definition) is 7. The van der Waals surface area contributed by atoms with Crippen molar-refractivity contribution in [2.24, 2.45) is 0 Å². The third-order valence-electron chi connectivity index (χ3n) is 2.57. The summed E-state index contributed by atoms with van der Waals surface area (Å²) in [5.74, 6) is 0.284. The van der Waals surface area contributed by atoms with Gasteiger partial charge in [0.1, 0.15) is 12.2 Å². The quantitative estimate of drug-likeness (QED) is 0.391. The van der Waals surface area contributed by atoms with Gasteiger partial charge in [0.25, 0.3) is 0 Å². The molecule has 0 unspecified atom stereocenters. The summed E-state index contributed by atoms with van der Waals surface area (Å²) in [4.78, 5) is 21.4. The van der Waals surface area contributed by atoms with E-state index in [2.05, 4.69) is 0 Å². The van der Waals surface area contributed by atoms with Crippen molar-refractivity contribution < 1.29 is 33.5 Å². The average molecular weight is 300 g/mol. The van der Waals surface area contributed by atoms with E-state index < -0.39 is 5.97 Å². The first-order valence-electron chi connectivity index (χ1n) is 6.40. The highest BCUT2D eigenvalue weighted by molar-refractivity contribution is 5.93. The van der Waals surface area contributed by atoms with Crippen LogP contribution in [0, 0.1) is 0 Å². The van der Waals surface area contributed by atoms with E-state index in [0.29, 0.717) is 24.7 Å². The molecule has 7 nitrogen and oxygen atoms in total.